The fourth-order valence-corrected chi connectivity index (χ4v) is 12.8. The number of aromatic nitrogens is 3. The van der Waals surface area contributed by atoms with Gasteiger partial charge in [0.2, 0.25) is 11.0 Å². The number of ether oxygens (including phenoxy) is 1. The Morgan fingerprint density at radius 1 is 0.658 bits per heavy atom. The molecule has 0 amide bonds. The zero-order valence-corrected chi connectivity index (χ0v) is 48.0. The van der Waals surface area contributed by atoms with Crippen molar-refractivity contribution in [1.82, 2.24) is 4.58 Å². The number of hydrogen-bond donors (Lipinski definition) is 0. The van der Waals surface area contributed by atoms with Gasteiger partial charge in [0, 0.05) is 160 Å². The number of fused-ring (bicyclic) bond motifs is 4. The van der Waals surface area contributed by atoms with Gasteiger partial charge in [0.15, 0.2) is 47.6 Å². The summed E-state index contributed by atoms with van der Waals surface area (Å²) in [6.45, 7) is 19.3. The summed E-state index contributed by atoms with van der Waals surface area (Å²) >= 11 is 1.61. The molecule has 4 aromatic carbocycles. The van der Waals surface area contributed by atoms with Gasteiger partial charge in [0.1, 0.15) is 18.0 Å². The minimum absolute atomic E-state index is 0. The van der Waals surface area contributed by atoms with Crippen molar-refractivity contribution < 1.29 is 37.9 Å². The molecule has 3 aliphatic rings. The van der Waals surface area contributed by atoms with E-state index in [4.69, 9.17) is 14.3 Å². The van der Waals surface area contributed by atoms with Gasteiger partial charge in [-0.2, -0.15) is 23.3 Å². The lowest BCUT2D eigenvalue weighted by molar-refractivity contribution is -0.637. The third kappa shape index (κ3) is 10.3. The van der Waals surface area contributed by atoms with Crippen LogP contribution in [0.15, 0.2) is 150 Å². The fraction of sp³-hybridized carbons (Fsp3) is 0.292. The van der Waals surface area contributed by atoms with E-state index in [9.17, 15) is 0 Å². The summed E-state index contributed by atoms with van der Waals surface area (Å²) < 4.78 is 15.9. The number of pyridine rings is 3. The second-order valence-electron chi connectivity index (χ2n) is 21.6. The van der Waals surface area contributed by atoms with Crippen molar-refractivity contribution in [3.05, 3.63) is 179 Å². The van der Waals surface area contributed by atoms with Gasteiger partial charge >= 0.3 is 11.8 Å². The Hall–Kier alpha value is -8.32. The number of carbonyl (C=O) groups is 1. The molecule has 14 heteroatoms. The monoisotopic (exact) mass is 1080 g/mol. The molecule has 13 nitrogen and oxygen atoms in total. The molecule has 0 fully saturated rings. The molecule has 3 aliphatic heterocycles. The molecule has 0 unspecified atom stereocenters. The van der Waals surface area contributed by atoms with Crippen LogP contribution >= 0.6 is 11.8 Å². The lowest BCUT2D eigenvalue weighted by Gasteiger charge is -2.43. The van der Waals surface area contributed by atoms with Crippen LogP contribution in [0.2, 0.25) is 0 Å². The van der Waals surface area contributed by atoms with Gasteiger partial charge in [-0.25, -0.2) is 4.58 Å². The zero-order valence-electron chi connectivity index (χ0n) is 47.2. The number of nitrogens with zero attached hydrogens (tertiary/aromatic N) is 8. The number of likely N-dealkylation sites (N-methyl/N-ethyl adjacent to an activating group) is 2. The predicted octanol–water partition coefficient (Wildman–Crippen LogP) is 8.36. The molecule has 0 N–H and O–H groups in total. The second-order valence-corrected chi connectivity index (χ2v) is 22.7. The highest BCUT2D eigenvalue weighted by atomic mass is 32.2. The van der Waals surface area contributed by atoms with Gasteiger partial charge in [-0.15, -0.1) is 0 Å². The molecule has 0 spiro atoms. The Kier molecular flexibility index (Phi) is 16.0. The van der Waals surface area contributed by atoms with E-state index < -0.39 is 5.97 Å². The first-order valence-corrected chi connectivity index (χ1v) is 27.1. The molecular weight excluding hydrogens is 1000 g/mol. The van der Waals surface area contributed by atoms with Crippen LogP contribution in [-0.2, 0) is 9.59 Å². The number of anilines is 4. The molecule has 406 valence electrons. The first kappa shape index (κ1) is 56.9. The highest BCUT2D eigenvalue weighted by Gasteiger charge is 2.44. The molecule has 3 aromatic heterocycles. The molecule has 7 aromatic rings. The number of benzene rings is 4. The summed E-state index contributed by atoms with van der Waals surface area (Å²) in [5, 5.41) is 17.1. The molecule has 0 bridgehead atoms. The van der Waals surface area contributed by atoms with Crippen LogP contribution < -0.4 is 58.3 Å². The molecule has 79 heavy (non-hydrogen) atoms. The van der Waals surface area contributed by atoms with Crippen LogP contribution in [0.3, 0.4) is 0 Å². The molecular formula is C65H73N8O5S+3. The lowest BCUT2D eigenvalue weighted by Crippen LogP contribution is -2.49. The molecule has 6 heterocycles. The number of carbonyl (C=O) groups excluding carboxylic acids is 3. The van der Waals surface area contributed by atoms with E-state index >= 15 is 9.90 Å². The van der Waals surface area contributed by atoms with Crippen LogP contribution in [-0.4, -0.2) is 78.6 Å². The summed E-state index contributed by atoms with van der Waals surface area (Å²) in [5.74, 6) is -0.0246. The average molecular weight is 1080 g/mol. The van der Waals surface area contributed by atoms with Crippen molar-refractivity contribution in [3.63, 3.8) is 0 Å². The van der Waals surface area contributed by atoms with Crippen molar-refractivity contribution in [2.45, 2.75) is 83.7 Å². The Morgan fingerprint density at radius 3 is 1.66 bits per heavy atom. The summed E-state index contributed by atoms with van der Waals surface area (Å²) in [6, 6.07) is 31.5. The van der Waals surface area contributed by atoms with E-state index in [2.05, 4.69) is 157 Å². The summed E-state index contributed by atoms with van der Waals surface area (Å²) in [5.41, 5.74) is 11.8. The smallest absolute Gasteiger partial charge is 0.373 e. The van der Waals surface area contributed by atoms with Crippen molar-refractivity contribution in [2.75, 3.05) is 75.0 Å². The molecule has 10 rings (SSSR count). The standard InChI is InChI=1S/C63H69N8O3S.CO2.CH4/c1-15-70-50-36-52-48(34-46(50)40(3)38-62(70,5)6)54(49-35-47-41(4)39-63(7,8)71(16-2)51(47)37-53(49)74-52)55-56(61(72)73)57(67-28-22-42(23-29-67)64(9)10)59(69-32-26-44(27-33-69)66(13)14)60(75-45-20-18-17-19-21-45)58(55)68-30-24-43(25-31-68)65(11)12;2-1-3;/h17-39H,15-16H2,1-14H3;;1H4/q+3;;. The Bertz CT molecular complexity index is 3750. The number of allylic oxidation sites excluding steroid dienone is 2. The Morgan fingerprint density at radius 2 is 1.16 bits per heavy atom. The number of aromatic carboxylic acids is 1. The Balaban J connectivity index is 0.00000201. The molecule has 0 aliphatic carbocycles. The second kappa shape index (κ2) is 22.2. The topological polar surface area (TPSA) is 111 Å². The first-order valence-electron chi connectivity index (χ1n) is 26.3. The lowest BCUT2D eigenvalue weighted by atomic mass is 9.82. The van der Waals surface area contributed by atoms with E-state index in [1.807, 2.05) is 119 Å². The van der Waals surface area contributed by atoms with Crippen LogP contribution in [0.1, 0.15) is 95.4 Å². The number of carboxylic acid groups (broad SMARTS) is 1. The van der Waals surface area contributed by atoms with E-state index in [1.54, 1.807) is 11.8 Å². The Labute approximate surface area is 469 Å². The minimum atomic E-state index is -1.32. The van der Waals surface area contributed by atoms with E-state index in [-0.39, 0.29) is 30.2 Å². The summed E-state index contributed by atoms with van der Waals surface area (Å²) in [4.78, 5) is 41.9. The van der Waals surface area contributed by atoms with Crippen molar-refractivity contribution in [2.24, 2.45) is 0 Å². The normalized spacial score (nSPS) is 14.3. The summed E-state index contributed by atoms with van der Waals surface area (Å²) in [6.07, 6.45) is 17.0. The SMILES string of the molecule is C.CCN1c2cc3c(cc2C(C)=CC1(C)C)C(c1c(C(=O)[O-])c(-[n+]2ccc(N(C)C)cc2)c(-[n+]2ccc(N(C)C)cc2)c(Sc2ccccc2)c1-[n+]1ccc(N(C)C)cc1)=c1cc2c(cc1O3)=[N+](CC)C(C)(C)C=C2C.O=C=O. The van der Waals surface area contributed by atoms with Crippen LogP contribution in [0.5, 0.6) is 11.5 Å². The van der Waals surface area contributed by atoms with E-state index in [0.717, 1.165) is 89.6 Å². The van der Waals surface area contributed by atoms with Crippen LogP contribution in [0, 0.1) is 0 Å². The van der Waals surface area contributed by atoms with Gasteiger partial charge in [0.25, 0.3) is 5.69 Å². The molecule has 0 saturated heterocycles. The highest BCUT2D eigenvalue weighted by molar-refractivity contribution is 7.99. The maximum atomic E-state index is 15.2. The van der Waals surface area contributed by atoms with Gasteiger partial charge in [0.05, 0.1) is 28.7 Å². The third-order valence-electron chi connectivity index (χ3n) is 15.1. The maximum Gasteiger partial charge on any atom is 0.373 e. The average Bonchev–Trinajstić information content (AvgIpc) is 3.52. The van der Waals surface area contributed by atoms with Crippen molar-refractivity contribution in [3.8, 4) is 28.6 Å². The molecule has 0 atom stereocenters. The number of carboxylic acids is 1. The zero-order chi connectivity index (χ0) is 56.1. The maximum absolute atomic E-state index is 15.2. The van der Waals surface area contributed by atoms with Crippen LogP contribution in [0.4, 0.5) is 22.7 Å². The number of rotatable bonds is 12. The van der Waals surface area contributed by atoms with Gasteiger partial charge in [-0.3, -0.25) is 0 Å². The largest absolute Gasteiger partial charge is 0.545 e. The van der Waals surface area contributed by atoms with Crippen LogP contribution in [0.25, 0.3) is 33.8 Å². The highest BCUT2D eigenvalue weighted by Crippen LogP contribution is 2.50. The molecule has 0 saturated carbocycles. The third-order valence-corrected chi connectivity index (χ3v) is 16.2. The quantitative estimate of drug-likeness (QED) is 0.111. The number of hydrogen-bond acceptors (Lipinski definition) is 10. The molecule has 0 radical (unpaired) electrons. The van der Waals surface area contributed by atoms with E-state index in [1.165, 1.54) is 0 Å². The summed E-state index contributed by atoms with van der Waals surface area (Å²) in [7, 11) is 12.1. The predicted molar refractivity (Wildman–Crippen MR) is 315 cm³/mol. The minimum Gasteiger partial charge on any atom is -0.545 e. The first-order chi connectivity index (χ1) is 37.1. The van der Waals surface area contributed by atoms with Gasteiger partial charge in [-0.1, -0.05) is 43.5 Å². The van der Waals surface area contributed by atoms with E-state index in [0.29, 0.717) is 34.1 Å². The van der Waals surface area contributed by atoms with Crippen molar-refractivity contribution in [1.29, 1.82) is 0 Å². The van der Waals surface area contributed by atoms with Gasteiger partial charge < -0.3 is 34.2 Å². The fourth-order valence-electron chi connectivity index (χ4n) is 11.6. The van der Waals surface area contributed by atoms with Crippen molar-refractivity contribution >= 4 is 63.4 Å². The van der Waals surface area contributed by atoms with Gasteiger partial charge in [-0.05, 0) is 83.0 Å².